The van der Waals surface area contributed by atoms with Crippen LogP contribution in [0, 0.1) is 0 Å². The van der Waals surface area contributed by atoms with Crippen molar-refractivity contribution in [3.63, 3.8) is 0 Å². The molecule has 0 amide bonds. The van der Waals surface area contributed by atoms with Crippen LogP contribution in [-0.4, -0.2) is 14.2 Å². The molecule has 0 aliphatic carbocycles. The van der Waals surface area contributed by atoms with Gasteiger partial charge in [0.1, 0.15) is 5.75 Å². The van der Waals surface area contributed by atoms with E-state index in [4.69, 9.17) is 22.1 Å². The Morgan fingerprint density at radius 2 is 1.95 bits per heavy atom. The van der Waals surface area contributed by atoms with Gasteiger partial charge in [-0.15, -0.1) is 0 Å². The van der Waals surface area contributed by atoms with Gasteiger partial charge in [-0.2, -0.15) is 0 Å². The van der Waals surface area contributed by atoms with Crippen LogP contribution in [0.5, 0.6) is 5.75 Å². The number of para-hydroxylation sites is 2. The molecule has 3 nitrogen and oxygen atoms in total. The summed E-state index contributed by atoms with van der Waals surface area (Å²) >= 11 is 6.20. The average molecular weight is 277 g/mol. The molecule has 0 spiro atoms. The smallest absolute Gasteiger partial charge is 0.142 e. The number of hydrogen-bond donors (Lipinski definition) is 1. The van der Waals surface area contributed by atoms with Crippen LogP contribution in [0.15, 0.2) is 42.5 Å². The Kier molecular flexibility index (Phi) is 4.17. The average Bonchev–Trinajstić information content (AvgIpc) is 2.41. The summed E-state index contributed by atoms with van der Waals surface area (Å²) in [5.41, 5.74) is 8.43. The van der Waals surface area contributed by atoms with Gasteiger partial charge >= 0.3 is 0 Å². The standard InChI is InChI=1S/C15H17ClN2O/c1-18(14-5-3-4-6-15(14)19-2)10-11-7-8-12(17)9-13(11)16/h3-9H,10,17H2,1-2H3. The number of anilines is 2. The Hall–Kier alpha value is -1.87. The number of methoxy groups -OCH3 is 1. The largest absolute Gasteiger partial charge is 0.495 e. The van der Waals surface area contributed by atoms with Crippen LogP contribution in [0.1, 0.15) is 5.56 Å². The fraction of sp³-hybridized carbons (Fsp3) is 0.200. The van der Waals surface area contributed by atoms with Gasteiger partial charge in [-0.3, -0.25) is 0 Å². The lowest BCUT2D eigenvalue weighted by molar-refractivity contribution is 0.415. The minimum absolute atomic E-state index is 0.675. The summed E-state index contributed by atoms with van der Waals surface area (Å²) in [5.74, 6) is 0.844. The van der Waals surface area contributed by atoms with Crippen molar-refractivity contribution in [3.8, 4) is 5.75 Å². The van der Waals surface area contributed by atoms with E-state index >= 15 is 0 Å². The molecule has 100 valence electrons. The Morgan fingerprint density at radius 3 is 2.63 bits per heavy atom. The van der Waals surface area contributed by atoms with Gasteiger partial charge in [-0.1, -0.05) is 29.8 Å². The lowest BCUT2D eigenvalue weighted by Gasteiger charge is -2.22. The highest BCUT2D eigenvalue weighted by Crippen LogP contribution is 2.29. The Morgan fingerprint density at radius 1 is 1.21 bits per heavy atom. The monoisotopic (exact) mass is 276 g/mol. The SMILES string of the molecule is COc1ccccc1N(C)Cc1ccc(N)cc1Cl. The van der Waals surface area contributed by atoms with Gasteiger partial charge in [0, 0.05) is 24.3 Å². The van der Waals surface area contributed by atoms with E-state index < -0.39 is 0 Å². The number of ether oxygens (including phenoxy) is 1. The zero-order chi connectivity index (χ0) is 13.8. The van der Waals surface area contributed by atoms with E-state index in [0.29, 0.717) is 17.3 Å². The fourth-order valence-corrected chi connectivity index (χ4v) is 2.23. The quantitative estimate of drug-likeness (QED) is 0.868. The zero-order valence-corrected chi connectivity index (χ0v) is 11.8. The molecule has 0 saturated carbocycles. The van der Waals surface area contributed by atoms with Crippen LogP contribution in [-0.2, 0) is 6.54 Å². The summed E-state index contributed by atoms with van der Waals surface area (Å²) in [7, 11) is 3.67. The third-order valence-electron chi connectivity index (χ3n) is 2.98. The number of hydrogen-bond acceptors (Lipinski definition) is 3. The summed E-state index contributed by atoms with van der Waals surface area (Å²) in [5, 5.41) is 0.682. The molecule has 0 aromatic heterocycles. The van der Waals surface area contributed by atoms with Crippen LogP contribution >= 0.6 is 11.6 Å². The lowest BCUT2D eigenvalue weighted by atomic mass is 10.2. The van der Waals surface area contributed by atoms with E-state index in [9.17, 15) is 0 Å². The maximum absolute atomic E-state index is 6.20. The Bertz CT molecular complexity index is 572. The number of halogens is 1. The van der Waals surface area contributed by atoms with Crippen molar-refractivity contribution in [1.82, 2.24) is 0 Å². The maximum atomic E-state index is 6.20. The summed E-state index contributed by atoms with van der Waals surface area (Å²) in [6.07, 6.45) is 0. The van der Waals surface area contributed by atoms with E-state index in [1.54, 1.807) is 13.2 Å². The van der Waals surface area contributed by atoms with Gasteiger partial charge in [0.2, 0.25) is 0 Å². The molecule has 2 aromatic carbocycles. The number of nitrogens with two attached hydrogens (primary N) is 1. The van der Waals surface area contributed by atoms with Gasteiger partial charge in [0.15, 0.2) is 0 Å². The number of rotatable bonds is 4. The highest BCUT2D eigenvalue weighted by atomic mass is 35.5. The predicted molar refractivity (Wildman–Crippen MR) is 81.0 cm³/mol. The predicted octanol–water partition coefficient (Wildman–Crippen LogP) is 3.57. The van der Waals surface area contributed by atoms with Crippen LogP contribution in [0.3, 0.4) is 0 Å². The van der Waals surface area contributed by atoms with Crippen LogP contribution in [0.25, 0.3) is 0 Å². The molecule has 2 rings (SSSR count). The maximum Gasteiger partial charge on any atom is 0.142 e. The topological polar surface area (TPSA) is 38.5 Å². The lowest BCUT2D eigenvalue weighted by Crippen LogP contribution is -2.17. The molecule has 2 N–H and O–H groups in total. The minimum atomic E-state index is 0.675. The van der Waals surface area contributed by atoms with Gasteiger partial charge in [0.25, 0.3) is 0 Å². The van der Waals surface area contributed by atoms with Gasteiger partial charge < -0.3 is 15.4 Å². The first-order valence-electron chi connectivity index (χ1n) is 6.00. The van der Waals surface area contributed by atoms with E-state index in [1.807, 2.05) is 43.4 Å². The molecule has 2 aromatic rings. The fourth-order valence-electron chi connectivity index (χ4n) is 1.98. The first-order valence-corrected chi connectivity index (χ1v) is 6.37. The van der Waals surface area contributed by atoms with Crippen LogP contribution in [0.4, 0.5) is 11.4 Å². The van der Waals surface area contributed by atoms with Crippen molar-refractivity contribution in [2.24, 2.45) is 0 Å². The summed E-state index contributed by atoms with van der Waals surface area (Å²) in [4.78, 5) is 2.09. The summed E-state index contributed by atoms with van der Waals surface area (Å²) in [6.45, 7) is 0.694. The van der Waals surface area contributed by atoms with Gasteiger partial charge in [0.05, 0.1) is 12.8 Å². The molecule has 4 heteroatoms. The number of benzene rings is 2. The molecule has 0 aliphatic heterocycles. The van der Waals surface area contributed by atoms with E-state index in [2.05, 4.69) is 4.90 Å². The molecule has 0 saturated heterocycles. The highest BCUT2D eigenvalue weighted by Gasteiger charge is 2.09. The van der Waals surface area contributed by atoms with Crippen molar-refractivity contribution in [3.05, 3.63) is 53.1 Å². The Balaban J connectivity index is 2.23. The molecule has 0 radical (unpaired) electrons. The second-order valence-electron chi connectivity index (χ2n) is 4.38. The second kappa shape index (κ2) is 5.85. The minimum Gasteiger partial charge on any atom is -0.495 e. The van der Waals surface area contributed by atoms with E-state index in [0.717, 1.165) is 17.0 Å². The number of nitrogens with zero attached hydrogens (tertiary/aromatic N) is 1. The molecule has 0 fully saturated rings. The molecule has 0 heterocycles. The first-order chi connectivity index (χ1) is 9.11. The van der Waals surface area contributed by atoms with Gasteiger partial charge in [-0.05, 0) is 29.8 Å². The molecule has 0 aliphatic rings. The summed E-state index contributed by atoms with van der Waals surface area (Å²) < 4.78 is 5.36. The van der Waals surface area contributed by atoms with Gasteiger partial charge in [-0.25, -0.2) is 0 Å². The van der Waals surface area contributed by atoms with Crippen molar-refractivity contribution in [1.29, 1.82) is 0 Å². The van der Waals surface area contributed by atoms with E-state index in [1.165, 1.54) is 0 Å². The van der Waals surface area contributed by atoms with Crippen molar-refractivity contribution in [2.45, 2.75) is 6.54 Å². The third kappa shape index (κ3) is 3.12. The normalized spacial score (nSPS) is 10.3. The first kappa shape index (κ1) is 13.6. The molecule has 0 bridgehead atoms. The molecular weight excluding hydrogens is 260 g/mol. The van der Waals surface area contributed by atoms with Crippen molar-refractivity contribution in [2.75, 3.05) is 24.8 Å². The molecular formula is C15H17ClN2O. The van der Waals surface area contributed by atoms with Crippen molar-refractivity contribution >= 4 is 23.0 Å². The third-order valence-corrected chi connectivity index (χ3v) is 3.33. The second-order valence-corrected chi connectivity index (χ2v) is 4.79. The number of nitrogen functional groups attached to an aromatic ring is 1. The summed E-state index contributed by atoms with van der Waals surface area (Å²) in [6, 6.07) is 13.5. The Labute approximate surface area is 118 Å². The highest BCUT2D eigenvalue weighted by molar-refractivity contribution is 6.31. The molecule has 19 heavy (non-hydrogen) atoms. The zero-order valence-electron chi connectivity index (χ0n) is 11.1. The van der Waals surface area contributed by atoms with Crippen molar-refractivity contribution < 1.29 is 4.74 Å². The van der Waals surface area contributed by atoms with E-state index in [-0.39, 0.29) is 0 Å². The van der Waals surface area contributed by atoms with Crippen LogP contribution in [0.2, 0.25) is 5.02 Å². The molecule has 0 unspecified atom stereocenters. The molecule has 0 atom stereocenters. The van der Waals surface area contributed by atoms with Crippen LogP contribution < -0.4 is 15.4 Å².